The molecule has 0 unspecified atom stereocenters. The van der Waals surface area contributed by atoms with E-state index in [0.29, 0.717) is 25.3 Å². The molecule has 0 spiro atoms. The molecule has 20 heavy (non-hydrogen) atoms. The third kappa shape index (κ3) is 3.91. The van der Waals surface area contributed by atoms with Crippen molar-refractivity contribution in [1.82, 2.24) is 15.8 Å². The lowest BCUT2D eigenvalue weighted by molar-refractivity contribution is -0.121. The van der Waals surface area contributed by atoms with Crippen molar-refractivity contribution in [3.8, 4) is 0 Å². The van der Waals surface area contributed by atoms with Gasteiger partial charge in [-0.15, -0.1) is 11.3 Å². The van der Waals surface area contributed by atoms with Gasteiger partial charge in [-0.2, -0.15) is 0 Å². The van der Waals surface area contributed by atoms with Gasteiger partial charge in [0.1, 0.15) is 5.69 Å². The van der Waals surface area contributed by atoms with Crippen LogP contribution in [0, 0.1) is 0 Å². The van der Waals surface area contributed by atoms with Crippen LogP contribution in [-0.4, -0.2) is 43.1 Å². The number of aromatic nitrogens is 1. The fourth-order valence-corrected chi connectivity index (χ4v) is 2.61. The van der Waals surface area contributed by atoms with Crippen LogP contribution in [-0.2, 0) is 9.53 Å². The molecule has 2 rings (SSSR count). The molecule has 0 saturated carbocycles. The van der Waals surface area contributed by atoms with E-state index in [2.05, 4.69) is 20.7 Å². The topological polar surface area (TPSA) is 83.6 Å². The van der Waals surface area contributed by atoms with Gasteiger partial charge in [0, 0.05) is 24.9 Å². The van der Waals surface area contributed by atoms with Gasteiger partial charge in [-0.25, -0.2) is 4.98 Å². The molecular formula is C12H18N4O3S. The van der Waals surface area contributed by atoms with Crippen molar-refractivity contribution < 1.29 is 14.3 Å². The summed E-state index contributed by atoms with van der Waals surface area (Å²) in [5.74, 6) is -0.602. The average Bonchev–Trinajstić information content (AvgIpc) is 2.96. The van der Waals surface area contributed by atoms with E-state index in [1.54, 1.807) is 5.38 Å². The Labute approximate surface area is 121 Å². The fraction of sp³-hybridized carbons (Fsp3) is 0.583. The van der Waals surface area contributed by atoms with Crippen LogP contribution in [0.5, 0.6) is 0 Å². The molecule has 1 aromatic heterocycles. The first-order valence-electron chi connectivity index (χ1n) is 6.58. The molecule has 0 atom stereocenters. The zero-order valence-electron chi connectivity index (χ0n) is 11.3. The number of morpholine rings is 1. The molecule has 1 fully saturated rings. The maximum atomic E-state index is 11.8. The summed E-state index contributed by atoms with van der Waals surface area (Å²) in [5, 5.41) is 2.49. The number of nitrogens with zero attached hydrogens (tertiary/aromatic N) is 2. The molecule has 0 aliphatic carbocycles. The molecule has 8 heteroatoms. The Balaban J connectivity index is 1.87. The Morgan fingerprint density at radius 3 is 2.85 bits per heavy atom. The van der Waals surface area contributed by atoms with E-state index in [-0.39, 0.29) is 5.91 Å². The minimum absolute atomic E-state index is 0.204. The molecule has 2 N–H and O–H groups in total. The van der Waals surface area contributed by atoms with Crippen LogP contribution in [0.1, 0.15) is 30.3 Å². The first-order valence-corrected chi connectivity index (χ1v) is 7.46. The number of carbonyl (C=O) groups is 2. The van der Waals surface area contributed by atoms with Gasteiger partial charge in [-0.3, -0.25) is 20.4 Å². The van der Waals surface area contributed by atoms with E-state index >= 15 is 0 Å². The Kier molecular flexibility index (Phi) is 5.31. The first-order chi connectivity index (χ1) is 9.70. The molecule has 110 valence electrons. The summed E-state index contributed by atoms with van der Waals surface area (Å²) in [6.45, 7) is 4.81. The highest BCUT2D eigenvalue weighted by Crippen LogP contribution is 2.21. The van der Waals surface area contributed by atoms with E-state index in [1.165, 1.54) is 11.3 Å². The van der Waals surface area contributed by atoms with Crippen LogP contribution in [0.25, 0.3) is 0 Å². The molecule has 2 heterocycles. The summed E-state index contributed by atoms with van der Waals surface area (Å²) in [6.07, 6.45) is 1.12. The number of hydrazine groups is 1. The van der Waals surface area contributed by atoms with Crippen LogP contribution in [0.3, 0.4) is 0 Å². The van der Waals surface area contributed by atoms with E-state index in [4.69, 9.17) is 4.74 Å². The number of anilines is 1. The summed E-state index contributed by atoms with van der Waals surface area (Å²) in [5.41, 5.74) is 5.04. The number of rotatable bonds is 4. The maximum absolute atomic E-state index is 11.8. The Morgan fingerprint density at radius 1 is 1.40 bits per heavy atom. The minimum Gasteiger partial charge on any atom is -0.378 e. The summed E-state index contributed by atoms with van der Waals surface area (Å²) >= 11 is 1.41. The molecule has 1 saturated heterocycles. The largest absolute Gasteiger partial charge is 0.378 e. The number of thiazole rings is 1. The molecule has 0 radical (unpaired) electrons. The molecule has 1 aromatic rings. The number of nitrogens with one attached hydrogen (secondary N) is 2. The number of ether oxygens (including phenoxy) is 1. The van der Waals surface area contributed by atoms with Gasteiger partial charge in [-0.05, 0) is 6.42 Å². The van der Waals surface area contributed by atoms with Crippen molar-refractivity contribution >= 4 is 28.3 Å². The first kappa shape index (κ1) is 14.7. The highest BCUT2D eigenvalue weighted by atomic mass is 32.1. The standard InChI is InChI=1S/C12H18N4O3S/c1-2-3-10(17)14-15-11(18)9-8-20-12(13-9)16-4-6-19-7-5-16/h8H,2-7H2,1H3,(H,14,17)(H,15,18). The van der Waals surface area contributed by atoms with Gasteiger partial charge < -0.3 is 9.64 Å². The molecule has 1 aliphatic heterocycles. The molecule has 0 bridgehead atoms. The van der Waals surface area contributed by atoms with E-state index < -0.39 is 5.91 Å². The Hall–Kier alpha value is -1.67. The van der Waals surface area contributed by atoms with Crippen molar-refractivity contribution in [1.29, 1.82) is 0 Å². The predicted octanol–water partition coefficient (Wildman–Crippen LogP) is 0.541. The molecule has 7 nitrogen and oxygen atoms in total. The summed E-state index contributed by atoms with van der Waals surface area (Å²) < 4.78 is 5.27. The number of carbonyl (C=O) groups excluding carboxylic acids is 2. The predicted molar refractivity (Wildman–Crippen MR) is 75.7 cm³/mol. The van der Waals surface area contributed by atoms with Crippen molar-refractivity contribution in [2.75, 3.05) is 31.2 Å². The SMILES string of the molecule is CCCC(=O)NNC(=O)c1csc(N2CCOCC2)n1. The Morgan fingerprint density at radius 2 is 2.15 bits per heavy atom. The van der Waals surface area contributed by atoms with Crippen molar-refractivity contribution in [2.45, 2.75) is 19.8 Å². The van der Waals surface area contributed by atoms with Crippen LogP contribution >= 0.6 is 11.3 Å². The monoisotopic (exact) mass is 298 g/mol. The lowest BCUT2D eigenvalue weighted by Gasteiger charge is -2.25. The lowest BCUT2D eigenvalue weighted by Crippen LogP contribution is -2.41. The van der Waals surface area contributed by atoms with Gasteiger partial charge >= 0.3 is 0 Å². The van der Waals surface area contributed by atoms with Gasteiger partial charge in [0.25, 0.3) is 5.91 Å². The van der Waals surface area contributed by atoms with E-state index in [9.17, 15) is 9.59 Å². The van der Waals surface area contributed by atoms with Crippen molar-refractivity contribution in [3.63, 3.8) is 0 Å². The molecular weight excluding hydrogens is 280 g/mol. The summed E-state index contributed by atoms with van der Waals surface area (Å²) in [6, 6.07) is 0. The minimum atomic E-state index is -0.398. The summed E-state index contributed by atoms with van der Waals surface area (Å²) in [4.78, 5) is 29.5. The van der Waals surface area contributed by atoms with Crippen LogP contribution in [0.2, 0.25) is 0 Å². The zero-order valence-corrected chi connectivity index (χ0v) is 12.2. The second-order valence-corrected chi connectivity index (χ2v) is 5.20. The highest BCUT2D eigenvalue weighted by molar-refractivity contribution is 7.13. The van der Waals surface area contributed by atoms with E-state index in [1.807, 2.05) is 6.92 Å². The second kappa shape index (κ2) is 7.20. The summed E-state index contributed by atoms with van der Waals surface area (Å²) in [7, 11) is 0. The number of hydrogen-bond acceptors (Lipinski definition) is 6. The number of hydrogen-bond donors (Lipinski definition) is 2. The van der Waals surface area contributed by atoms with Crippen molar-refractivity contribution in [2.24, 2.45) is 0 Å². The van der Waals surface area contributed by atoms with Crippen LogP contribution in [0.15, 0.2) is 5.38 Å². The van der Waals surface area contributed by atoms with Gasteiger partial charge in [0.15, 0.2) is 5.13 Å². The third-order valence-corrected chi connectivity index (χ3v) is 3.70. The second-order valence-electron chi connectivity index (χ2n) is 4.37. The van der Waals surface area contributed by atoms with Gasteiger partial charge in [0.2, 0.25) is 5.91 Å². The normalized spacial score (nSPS) is 14.9. The smallest absolute Gasteiger partial charge is 0.289 e. The molecule has 0 aromatic carbocycles. The quantitative estimate of drug-likeness (QED) is 0.793. The average molecular weight is 298 g/mol. The maximum Gasteiger partial charge on any atom is 0.289 e. The lowest BCUT2D eigenvalue weighted by atomic mass is 10.3. The van der Waals surface area contributed by atoms with Crippen LogP contribution < -0.4 is 15.8 Å². The van der Waals surface area contributed by atoms with Crippen LogP contribution in [0.4, 0.5) is 5.13 Å². The van der Waals surface area contributed by atoms with E-state index in [0.717, 1.165) is 24.6 Å². The zero-order chi connectivity index (χ0) is 14.4. The molecule has 2 amide bonds. The number of amides is 2. The fourth-order valence-electron chi connectivity index (χ4n) is 1.75. The molecule has 1 aliphatic rings. The Bertz CT molecular complexity index is 471. The van der Waals surface area contributed by atoms with Gasteiger partial charge in [-0.1, -0.05) is 6.92 Å². The third-order valence-electron chi connectivity index (χ3n) is 2.80. The van der Waals surface area contributed by atoms with Gasteiger partial charge in [0.05, 0.1) is 13.2 Å². The highest BCUT2D eigenvalue weighted by Gasteiger charge is 2.17. The van der Waals surface area contributed by atoms with Crippen molar-refractivity contribution in [3.05, 3.63) is 11.1 Å².